The van der Waals surface area contributed by atoms with Gasteiger partial charge >= 0.3 is 0 Å². The van der Waals surface area contributed by atoms with Crippen LogP contribution in [0.1, 0.15) is 53.2 Å². The summed E-state index contributed by atoms with van der Waals surface area (Å²) in [5, 5.41) is 3.19. The summed E-state index contributed by atoms with van der Waals surface area (Å²) in [6.45, 7) is 3.75. The summed E-state index contributed by atoms with van der Waals surface area (Å²) >= 11 is 0. The Morgan fingerprint density at radius 2 is 1.68 bits per heavy atom. The molecule has 1 aromatic heterocycles. The van der Waals surface area contributed by atoms with Gasteiger partial charge in [0.15, 0.2) is 9.84 Å². The molecular weight excluding hydrogens is 524 g/mol. The molecule has 2 saturated heterocycles. The Kier molecular flexibility index (Phi) is 8.32. The summed E-state index contributed by atoms with van der Waals surface area (Å²) in [5.41, 5.74) is 2.24. The van der Waals surface area contributed by atoms with E-state index in [0.29, 0.717) is 17.0 Å². The van der Waals surface area contributed by atoms with Crippen molar-refractivity contribution >= 4 is 21.7 Å². The van der Waals surface area contributed by atoms with E-state index >= 15 is 0 Å². The predicted octanol–water partition coefficient (Wildman–Crippen LogP) is 3.86. The van der Waals surface area contributed by atoms with Gasteiger partial charge in [0.25, 0.3) is 5.91 Å². The van der Waals surface area contributed by atoms with Crippen molar-refractivity contribution in [2.24, 2.45) is 5.41 Å². The monoisotopic (exact) mass is 560 g/mol. The van der Waals surface area contributed by atoms with Crippen LogP contribution in [0, 0.1) is 5.41 Å². The molecule has 9 heteroatoms. The molecule has 2 aliphatic heterocycles. The Bertz CT molecular complexity index is 1420. The van der Waals surface area contributed by atoms with Gasteiger partial charge in [-0.05, 0) is 74.2 Å². The van der Waals surface area contributed by atoms with Crippen LogP contribution in [0.4, 0.5) is 0 Å². The topological polar surface area (TPSA) is 99.7 Å². The number of nitrogens with one attached hydrogen (secondary N) is 1. The molecule has 2 aliphatic rings. The minimum Gasteiger partial charge on any atom is -0.345 e. The number of likely N-dealkylation sites (tertiary alicyclic amines) is 2. The number of carbonyl (C=O) groups excluding carboxylic acids is 2. The van der Waals surface area contributed by atoms with Gasteiger partial charge in [-0.3, -0.25) is 14.6 Å². The number of rotatable bonds is 9. The number of nitrogens with zero attached hydrogens (tertiary/aromatic N) is 3. The van der Waals surface area contributed by atoms with Crippen molar-refractivity contribution in [2.75, 3.05) is 32.4 Å². The highest BCUT2D eigenvalue weighted by atomic mass is 32.2. The molecule has 3 heterocycles. The molecule has 1 unspecified atom stereocenters. The van der Waals surface area contributed by atoms with Crippen molar-refractivity contribution in [3.63, 3.8) is 0 Å². The van der Waals surface area contributed by atoms with Crippen LogP contribution in [0.3, 0.4) is 0 Å². The minimum atomic E-state index is -3.24. The maximum Gasteiger partial charge on any atom is 0.253 e. The fraction of sp³-hybridized carbons (Fsp3) is 0.387. The third-order valence-corrected chi connectivity index (χ3v) is 9.43. The number of piperidine rings is 1. The zero-order valence-corrected chi connectivity index (χ0v) is 23.6. The molecule has 0 bridgehead atoms. The number of pyridine rings is 1. The molecule has 1 spiro atoms. The van der Waals surface area contributed by atoms with Gasteiger partial charge in [0.05, 0.1) is 21.9 Å². The van der Waals surface area contributed by atoms with Gasteiger partial charge in [0, 0.05) is 38.3 Å². The van der Waals surface area contributed by atoms with E-state index in [4.69, 9.17) is 0 Å². The van der Waals surface area contributed by atoms with Crippen LogP contribution in [0.15, 0.2) is 84.0 Å². The molecule has 3 aromatic rings. The fourth-order valence-corrected chi connectivity index (χ4v) is 6.46. The third kappa shape index (κ3) is 6.42. The number of hydrogen-bond donors (Lipinski definition) is 1. The second-order valence-corrected chi connectivity index (χ2v) is 13.0. The van der Waals surface area contributed by atoms with E-state index < -0.39 is 9.84 Å². The number of sulfone groups is 1. The predicted molar refractivity (Wildman–Crippen MR) is 153 cm³/mol. The van der Waals surface area contributed by atoms with E-state index in [1.165, 1.54) is 6.26 Å². The average molecular weight is 561 g/mol. The van der Waals surface area contributed by atoms with Crippen molar-refractivity contribution in [1.29, 1.82) is 0 Å². The Morgan fingerprint density at radius 3 is 2.33 bits per heavy atom. The summed E-state index contributed by atoms with van der Waals surface area (Å²) in [6, 6.07) is 20.3. The molecule has 5 rings (SSSR count). The summed E-state index contributed by atoms with van der Waals surface area (Å²) in [6.07, 6.45) is 7.71. The van der Waals surface area contributed by atoms with E-state index in [0.717, 1.165) is 63.0 Å². The quantitative estimate of drug-likeness (QED) is 0.427. The second kappa shape index (κ2) is 11.9. The van der Waals surface area contributed by atoms with Crippen molar-refractivity contribution in [3.05, 3.63) is 95.8 Å². The molecule has 1 N–H and O–H groups in total. The van der Waals surface area contributed by atoms with Crippen molar-refractivity contribution in [2.45, 2.75) is 43.2 Å². The zero-order chi connectivity index (χ0) is 28.2. The molecule has 1 atom stereocenters. The minimum absolute atomic E-state index is 0.123. The highest BCUT2D eigenvalue weighted by molar-refractivity contribution is 7.90. The molecule has 0 saturated carbocycles. The molecule has 2 aromatic carbocycles. The van der Waals surface area contributed by atoms with Crippen LogP contribution in [-0.4, -0.2) is 67.5 Å². The Morgan fingerprint density at radius 1 is 0.975 bits per heavy atom. The highest BCUT2D eigenvalue weighted by Gasteiger charge is 2.47. The lowest BCUT2D eigenvalue weighted by molar-refractivity contribution is -0.138. The molecule has 0 radical (unpaired) electrons. The van der Waals surface area contributed by atoms with Crippen molar-refractivity contribution in [1.82, 2.24) is 20.1 Å². The first-order chi connectivity index (χ1) is 19.2. The number of aromatic nitrogens is 1. The van der Waals surface area contributed by atoms with Crippen LogP contribution in [-0.2, 0) is 21.2 Å². The smallest absolute Gasteiger partial charge is 0.253 e. The molecule has 0 aliphatic carbocycles. The number of carbonyl (C=O) groups is 2. The van der Waals surface area contributed by atoms with E-state index in [-0.39, 0.29) is 23.3 Å². The van der Waals surface area contributed by atoms with Gasteiger partial charge in [0.2, 0.25) is 5.91 Å². The van der Waals surface area contributed by atoms with Crippen LogP contribution in [0.2, 0.25) is 0 Å². The second-order valence-electron chi connectivity index (χ2n) is 11.0. The van der Waals surface area contributed by atoms with Gasteiger partial charge in [-0.15, -0.1) is 0 Å². The lowest BCUT2D eigenvalue weighted by Crippen LogP contribution is -2.45. The van der Waals surface area contributed by atoms with E-state index in [1.54, 1.807) is 48.8 Å². The first-order valence-electron chi connectivity index (χ1n) is 13.8. The van der Waals surface area contributed by atoms with Gasteiger partial charge in [-0.2, -0.15) is 0 Å². The van der Waals surface area contributed by atoms with Crippen molar-refractivity contribution < 1.29 is 18.0 Å². The van der Waals surface area contributed by atoms with Gasteiger partial charge in [-0.25, -0.2) is 8.42 Å². The van der Waals surface area contributed by atoms with E-state index in [2.05, 4.69) is 15.2 Å². The zero-order valence-electron chi connectivity index (χ0n) is 22.8. The van der Waals surface area contributed by atoms with Crippen LogP contribution < -0.4 is 5.32 Å². The number of hydrogen-bond acceptors (Lipinski definition) is 6. The highest BCUT2D eigenvalue weighted by Crippen LogP contribution is 2.42. The number of amides is 2. The lowest BCUT2D eigenvalue weighted by Gasteiger charge is -2.38. The van der Waals surface area contributed by atoms with Crippen molar-refractivity contribution in [3.8, 4) is 0 Å². The summed E-state index contributed by atoms with van der Waals surface area (Å²) in [7, 11) is -3.24. The molecule has 210 valence electrons. The summed E-state index contributed by atoms with van der Waals surface area (Å²) in [5.74, 6) is 0.0763. The van der Waals surface area contributed by atoms with Gasteiger partial charge < -0.3 is 15.1 Å². The summed E-state index contributed by atoms with van der Waals surface area (Å²) < 4.78 is 23.5. The van der Waals surface area contributed by atoms with Gasteiger partial charge in [0.1, 0.15) is 0 Å². The van der Waals surface area contributed by atoms with Crippen LogP contribution in [0.25, 0.3) is 0 Å². The molecule has 2 amide bonds. The average Bonchev–Trinajstić information content (AvgIpc) is 3.26. The Labute approximate surface area is 236 Å². The largest absolute Gasteiger partial charge is 0.345 e. The first kappa shape index (κ1) is 28.0. The standard InChI is InChI=1S/C31H36N4O4S/c1-40(38,39)27-11-9-24(10-12-27)23-35-21-16-31(30(35)37)14-19-34(20-15-31)18-13-28(25-6-3-2-4-7-25)33-29(36)26-8-5-17-32-22-26/h2-12,17,22,28H,13-16,18-21,23H2,1H3,(H,33,36). The fourth-order valence-electron chi connectivity index (χ4n) is 5.83. The third-order valence-electron chi connectivity index (χ3n) is 8.30. The van der Waals surface area contributed by atoms with Crippen LogP contribution >= 0.6 is 0 Å². The number of benzene rings is 2. The maximum absolute atomic E-state index is 13.5. The van der Waals surface area contributed by atoms with E-state index in [9.17, 15) is 18.0 Å². The summed E-state index contributed by atoms with van der Waals surface area (Å²) in [4.78, 5) is 35.0. The molecule has 40 heavy (non-hydrogen) atoms. The Hall–Kier alpha value is -3.56. The lowest BCUT2D eigenvalue weighted by atomic mass is 9.77. The molecular formula is C31H36N4O4S. The normalized spacial score (nSPS) is 18.1. The van der Waals surface area contributed by atoms with Gasteiger partial charge in [-0.1, -0.05) is 42.5 Å². The maximum atomic E-state index is 13.5. The van der Waals surface area contributed by atoms with Crippen LogP contribution in [0.5, 0.6) is 0 Å². The first-order valence-corrected chi connectivity index (χ1v) is 15.7. The molecule has 8 nitrogen and oxygen atoms in total. The van der Waals surface area contributed by atoms with E-state index in [1.807, 2.05) is 35.2 Å². The Balaban J connectivity index is 1.16. The molecule has 2 fully saturated rings. The SMILES string of the molecule is CS(=O)(=O)c1ccc(CN2CCC3(CCN(CCC(NC(=O)c4cccnc4)c4ccccc4)CC3)C2=O)cc1.